The Morgan fingerprint density at radius 3 is 2.67 bits per heavy atom. The number of hydrogen-bond donors (Lipinski definition) is 3. The molecule has 0 radical (unpaired) electrons. The van der Waals surface area contributed by atoms with Gasteiger partial charge in [0.2, 0.25) is 0 Å². The summed E-state index contributed by atoms with van der Waals surface area (Å²) in [7, 11) is 0. The number of nitrogen functional groups attached to an aromatic ring is 1. The summed E-state index contributed by atoms with van der Waals surface area (Å²) >= 11 is 6.49. The second-order valence-corrected chi connectivity index (χ2v) is 6.88. The van der Waals surface area contributed by atoms with E-state index in [0.29, 0.717) is 16.5 Å². The summed E-state index contributed by atoms with van der Waals surface area (Å²) in [6.45, 7) is 3.82. The SMILES string of the molecule is CC(C)(CO)Nc1ncc(-c2cccc(N)c2)c2c(Cl)cccc12. The van der Waals surface area contributed by atoms with Crippen LogP contribution in [-0.2, 0) is 0 Å². The van der Waals surface area contributed by atoms with Crippen LogP contribution in [0.15, 0.2) is 48.7 Å². The molecule has 24 heavy (non-hydrogen) atoms. The summed E-state index contributed by atoms with van der Waals surface area (Å²) in [4.78, 5) is 4.57. The standard InChI is InChI=1S/C19H20ClN3O/c1-19(2,11-24)23-18-14-7-4-8-16(20)17(14)15(10-22-18)12-5-3-6-13(21)9-12/h3-10,24H,11,21H2,1-2H3,(H,22,23). The average Bonchev–Trinajstić information content (AvgIpc) is 2.55. The Bertz CT molecular complexity index is 893. The number of benzene rings is 2. The van der Waals surface area contributed by atoms with Gasteiger partial charge in [0, 0.05) is 33.2 Å². The molecule has 0 aliphatic heterocycles. The van der Waals surface area contributed by atoms with Gasteiger partial charge in [0.15, 0.2) is 0 Å². The molecular weight excluding hydrogens is 322 g/mol. The van der Waals surface area contributed by atoms with Gasteiger partial charge in [-0.2, -0.15) is 0 Å². The molecule has 0 spiro atoms. The van der Waals surface area contributed by atoms with E-state index in [1.54, 1.807) is 6.20 Å². The van der Waals surface area contributed by atoms with Crippen molar-refractivity contribution in [2.24, 2.45) is 0 Å². The van der Waals surface area contributed by atoms with E-state index in [1.165, 1.54) is 0 Å². The number of rotatable bonds is 4. The maximum Gasteiger partial charge on any atom is 0.134 e. The molecule has 3 aromatic rings. The highest BCUT2D eigenvalue weighted by molar-refractivity contribution is 6.37. The number of nitrogens with two attached hydrogens (primary N) is 1. The van der Waals surface area contributed by atoms with Crippen molar-refractivity contribution in [2.45, 2.75) is 19.4 Å². The number of aromatic nitrogens is 1. The second-order valence-electron chi connectivity index (χ2n) is 6.48. The Hall–Kier alpha value is -2.30. The molecule has 0 aliphatic carbocycles. The van der Waals surface area contributed by atoms with E-state index >= 15 is 0 Å². The van der Waals surface area contributed by atoms with Gasteiger partial charge in [-0.25, -0.2) is 4.98 Å². The lowest BCUT2D eigenvalue weighted by atomic mass is 9.99. The van der Waals surface area contributed by atoms with Gasteiger partial charge in [0.25, 0.3) is 0 Å². The molecule has 2 aromatic carbocycles. The number of nitrogens with zero attached hydrogens (tertiary/aromatic N) is 1. The third-order valence-electron chi connectivity index (χ3n) is 3.91. The lowest BCUT2D eigenvalue weighted by Crippen LogP contribution is -2.35. The highest BCUT2D eigenvalue weighted by Crippen LogP contribution is 2.37. The molecule has 124 valence electrons. The minimum Gasteiger partial charge on any atom is -0.399 e. The van der Waals surface area contributed by atoms with E-state index in [0.717, 1.165) is 21.9 Å². The second kappa shape index (κ2) is 6.30. The fourth-order valence-corrected chi connectivity index (χ4v) is 2.92. The van der Waals surface area contributed by atoms with E-state index in [1.807, 2.05) is 56.3 Å². The zero-order valence-electron chi connectivity index (χ0n) is 13.7. The number of pyridine rings is 1. The molecular formula is C19H20ClN3O. The molecule has 0 amide bonds. The van der Waals surface area contributed by atoms with Crippen LogP contribution in [-0.4, -0.2) is 22.2 Å². The third kappa shape index (κ3) is 3.16. The fraction of sp³-hybridized carbons (Fsp3) is 0.211. The molecule has 3 rings (SSSR count). The topological polar surface area (TPSA) is 71.2 Å². The van der Waals surface area contributed by atoms with Gasteiger partial charge in [0.05, 0.1) is 12.1 Å². The zero-order chi connectivity index (χ0) is 17.3. The summed E-state index contributed by atoms with van der Waals surface area (Å²) in [5.41, 5.74) is 8.01. The summed E-state index contributed by atoms with van der Waals surface area (Å²) in [6.07, 6.45) is 1.79. The highest BCUT2D eigenvalue weighted by Gasteiger charge is 2.19. The van der Waals surface area contributed by atoms with Crippen LogP contribution in [0.3, 0.4) is 0 Å². The maximum atomic E-state index is 9.51. The van der Waals surface area contributed by atoms with E-state index in [9.17, 15) is 5.11 Å². The van der Waals surface area contributed by atoms with Crippen molar-refractivity contribution < 1.29 is 5.11 Å². The smallest absolute Gasteiger partial charge is 0.134 e. The Morgan fingerprint density at radius 1 is 1.21 bits per heavy atom. The van der Waals surface area contributed by atoms with E-state index in [4.69, 9.17) is 17.3 Å². The fourth-order valence-electron chi connectivity index (χ4n) is 2.64. The van der Waals surface area contributed by atoms with E-state index in [-0.39, 0.29) is 6.61 Å². The highest BCUT2D eigenvalue weighted by atomic mass is 35.5. The number of aliphatic hydroxyl groups is 1. The molecule has 4 nitrogen and oxygen atoms in total. The molecule has 4 N–H and O–H groups in total. The monoisotopic (exact) mass is 341 g/mol. The molecule has 0 atom stereocenters. The van der Waals surface area contributed by atoms with Crippen molar-refractivity contribution in [1.29, 1.82) is 0 Å². The molecule has 0 aliphatic rings. The molecule has 0 fully saturated rings. The largest absolute Gasteiger partial charge is 0.399 e. The van der Waals surface area contributed by atoms with Crippen LogP contribution < -0.4 is 11.1 Å². The molecule has 0 bridgehead atoms. The number of nitrogens with one attached hydrogen (secondary N) is 1. The Morgan fingerprint density at radius 2 is 1.96 bits per heavy atom. The van der Waals surface area contributed by atoms with Crippen molar-refractivity contribution >= 4 is 33.9 Å². The van der Waals surface area contributed by atoms with Gasteiger partial charge < -0.3 is 16.2 Å². The molecule has 0 saturated carbocycles. The Balaban J connectivity index is 2.24. The number of anilines is 2. The zero-order valence-corrected chi connectivity index (χ0v) is 14.4. The van der Waals surface area contributed by atoms with Gasteiger partial charge in [-0.05, 0) is 37.6 Å². The number of aliphatic hydroxyl groups excluding tert-OH is 1. The number of hydrogen-bond acceptors (Lipinski definition) is 4. The predicted molar refractivity (Wildman–Crippen MR) is 101 cm³/mol. The Kier molecular flexibility index (Phi) is 4.35. The quantitative estimate of drug-likeness (QED) is 0.618. The minimum absolute atomic E-state index is 0.00624. The van der Waals surface area contributed by atoms with Crippen LogP contribution >= 0.6 is 11.6 Å². The number of fused-ring (bicyclic) bond motifs is 1. The summed E-state index contributed by atoms with van der Waals surface area (Å²) in [5, 5.41) is 15.3. The van der Waals surface area contributed by atoms with Gasteiger partial charge in [-0.15, -0.1) is 0 Å². The summed E-state index contributed by atoms with van der Waals surface area (Å²) < 4.78 is 0. The molecule has 0 saturated heterocycles. The van der Waals surface area contributed by atoms with Crippen LogP contribution in [0, 0.1) is 0 Å². The molecule has 0 unspecified atom stereocenters. The normalized spacial score (nSPS) is 11.7. The van der Waals surface area contributed by atoms with E-state index in [2.05, 4.69) is 10.3 Å². The lowest BCUT2D eigenvalue weighted by Gasteiger charge is -2.25. The predicted octanol–water partition coefficient (Wildman–Crippen LogP) is 4.32. The van der Waals surface area contributed by atoms with Crippen molar-refractivity contribution in [2.75, 3.05) is 17.7 Å². The first-order chi connectivity index (χ1) is 11.4. The van der Waals surface area contributed by atoms with Crippen LogP contribution in [0.2, 0.25) is 5.02 Å². The minimum atomic E-state index is -0.485. The average molecular weight is 342 g/mol. The first-order valence-electron chi connectivity index (χ1n) is 7.73. The Labute approximate surface area is 146 Å². The van der Waals surface area contributed by atoms with Crippen molar-refractivity contribution in [1.82, 2.24) is 4.98 Å². The lowest BCUT2D eigenvalue weighted by molar-refractivity contribution is 0.234. The van der Waals surface area contributed by atoms with Crippen LogP contribution in [0.4, 0.5) is 11.5 Å². The van der Waals surface area contributed by atoms with Crippen LogP contribution in [0.25, 0.3) is 21.9 Å². The molecule has 1 heterocycles. The third-order valence-corrected chi connectivity index (χ3v) is 4.23. The van der Waals surface area contributed by atoms with E-state index < -0.39 is 5.54 Å². The molecule has 5 heteroatoms. The van der Waals surface area contributed by atoms with Crippen LogP contribution in [0.5, 0.6) is 0 Å². The first-order valence-corrected chi connectivity index (χ1v) is 8.11. The van der Waals surface area contributed by atoms with Crippen molar-refractivity contribution in [3.05, 3.63) is 53.7 Å². The van der Waals surface area contributed by atoms with Crippen molar-refractivity contribution in [3.63, 3.8) is 0 Å². The summed E-state index contributed by atoms with van der Waals surface area (Å²) in [6, 6.07) is 13.4. The summed E-state index contributed by atoms with van der Waals surface area (Å²) in [5.74, 6) is 0.694. The van der Waals surface area contributed by atoms with Gasteiger partial charge in [0.1, 0.15) is 5.82 Å². The number of halogens is 1. The van der Waals surface area contributed by atoms with Gasteiger partial charge in [-0.1, -0.05) is 35.9 Å². The first kappa shape index (κ1) is 16.6. The van der Waals surface area contributed by atoms with Crippen LogP contribution in [0.1, 0.15) is 13.8 Å². The van der Waals surface area contributed by atoms with Crippen molar-refractivity contribution in [3.8, 4) is 11.1 Å². The van der Waals surface area contributed by atoms with Gasteiger partial charge in [-0.3, -0.25) is 0 Å². The van der Waals surface area contributed by atoms with Gasteiger partial charge >= 0.3 is 0 Å². The maximum absolute atomic E-state index is 9.51. The molecule has 1 aromatic heterocycles.